The van der Waals surface area contributed by atoms with Crippen molar-refractivity contribution in [2.24, 2.45) is 0 Å². The summed E-state index contributed by atoms with van der Waals surface area (Å²) in [5, 5.41) is 17.7. The van der Waals surface area contributed by atoms with Crippen LogP contribution in [0.3, 0.4) is 0 Å². The first-order valence-corrected chi connectivity index (χ1v) is 8.86. The fourth-order valence-corrected chi connectivity index (χ4v) is 2.81. The molecule has 0 bridgehead atoms. The van der Waals surface area contributed by atoms with Crippen LogP contribution in [0.25, 0.3) is 5.65 Å². The van der Waals surface area contributed by atoms with Gasteiger partial charge in [0.1, 0.15) is 5.76 Å². The summed E-state index contributed by atoms with van der Waals surface area (Å²) in [5.74, 6) is 2.59. The number of rotatable bonds is 6. The van der Waals surface area contributed by atoms with Crippen LogP contribution in [0, 0.1) is 6.92 Å². The van der Waals surface area contributed by atoms with Crippen molar-refractivity contribution in [3.8, 4) is 0 Å². The smallest absolute Gasteiger partial charge is 0.321 e. The molecular weight excluding hydrogens is 328 g/mol. The lowest BCUT2D eigenvalue weighted by atomic mass is 10.2. The molecule has 0 aromatic carbocycles. The molecule has 126 valence electrons. The number of carbonyl (C=O) groups is 1. The van der Waals surface area contributed by atoms with Crippen molar-refractivity contribution in [1.29, 1.82) is 0 Å². The molecular formula is C15H18N6O2S. The SMILES string of the molecule is CSCCC(NC(=O)Nc1cc(C)on1)c1nnc2ccccn12. The number of amides is 2. The van der Waals surface area contributed by atoms with Crippen LogP contribution in [0.1, 0.15) is 24.0 Å². The van der Waals surface area contributed by atoms with Crippen LogP contribution >= 0.6 is 11.8 Å². The van der Waals surface area contributed by atoms with E-state index in [1.165, 1.54) is 0 Å². The number of pyridine rings is 1. The molecule has 24 heavy (non-hydrogen) atoms. The van der Waals surface area contributed by atoms with Gasteiger partial charge in [-0.15, -0.1) is 10.2 Å². The molecule has 0 saturated heterocycles. The Kier molecular flexibility index (Phi) is 4.99. The summed E-state index contributed by atoms with van der Waals surface area (Å²) in [4.78, 5) is 12.3. The zero-order chi connectivity index (χ0) is 16.9. The first kappa shape index (κ1) is 16.3. The van der Waals surface area contributed by atoms with Crippen molar-refractivity contribution in [1.82, 2.24) is 25.1 Å². The Labute approximate surface area is 143 Å². The fourth-order valence-electron chi connectivity index (χ4n) is 2.33. The van der Waals surface area contributed by atoms with Crippen molar-refractivity contribution in [2.75, 3.05) is 17.3 Å². The van der Waals surface area contributed by atoms with E-state index < -0.39 is 0 Å². The van der Waals surface area contributed by atoms with Crippen molar-refractivity contribution in [2.45, 2.75) is 19.4 Å². The van der Waals surface area contributed by atoms with Gasteiger partial charge in [0.25, 0.3) is 0 Å². The number of hydrogen-bond donors (Lipinski definition) is 2. The van der Waals surface area contributed by atoms with Gasteiger partial charge in [-0.2, -0.15) is 11.8 Å². The molecule has 0 radical (unpaired) electrons. The molecule has 0 aliphatic heterocycles. The normalized spacial score (nSPS) is 12.2. The molecule has 1 unspecified atom stereocenters. The molecule has 0 aliphatic carbocycles. The second-order valence-corrected chi connectivity index (χ2v) is 6.23. The Bertz CT molecular complexity index is 830. The third-order valence-corrected chi connectivity index (χ3v) is 4.08. The van der Waals surface area contributed by atoms with E-state index in [-0.39, 0.29) is 12.1 Å². The molecule has 3 heterocycles. The van der Waals surface area contributed by atoms with Crippen molar-refractivity contribution in [3.63, 3.8) is 0 Å². The molecule has 8 nitrogen and oxygen atoms in total. The second-order valence-electron chi connectivity index (χ2n) is 5.24. The molecule has 3 aromatic heterocycles. The van der Waals surface area contributed by atoms with Gasteiger partial charge in [0, 0.05) is 12.3 Å². The van der Waals surface area contributed by atoms with Gasteiger partial charge >= 0.3 is 6.03 Å². The summed E-state index contributed by atoms with van der Waals surface area (Å²) in [6.07, 6.45) is 4.65. The maximum absolute atomic E-state index is 12.3. The quantitative estimate of drug-likeness (QED) is 0.712. The Balaban J connectivity index is 1.77. The van der Waals surface area contributed by atoms with Gasteiger partial charge in [-0.05, 0) is 37.5 Å². The molecule has 0 spiro atoms. The minimum absolute atomic E-state index is 0.261. The van der Waals surface area contributed by atoms with E-state index in [1.54, 1.807) is 24.8 Å². The van der Waals surface area contributed by atoms with Crippen molar-refractivity contribution in [3.05, 3.63) is 42.0 Å². The highest BCUT2D eigenvalue weighted by molar-refractivity contribution is 7.98. The van der Waals surface area contributed by atoms with Crippen LogP contribution in [0.2, 0.25) is 0 Å². The van der Waals surface area contributed by atoms with Gasteiger partial charge in [-0.1, -0.05) is 11.2 Å². The van der Waals surface area contributed by atoms with Crippen molar-refractivity contribution < 1.29 is 9.32 Å². The van der Waals surface area contributed by atoms with Crippen LogP contribution in [-0.4, -0.2) is 37.8 Å². The Morgan fingerprint density at radius 3 is 3.04 bits per heavy atom. The van der Waals surface area contributed by atoms with Gasteiger partial charge in [-0.25, -0.2) is 4.79 Å². The first-order chi connectivity index (χ1) is 11.7. The predicted octanol–water partition coefficient (Wildman–Crippen LogP) is 2.64. The highest BCUT2D eigenvalue weighted by atomic mass is 32.2. The van der Waals surface area contributed by atoms with E-state index >= 15 is 0 Å². The molecule has 2 N–H and O–H groups in total. The van der Waals surface area contributed by atoms with E-state index in [9.17, 15) is 4.79 Å². The maximum Gasteiger partial charge on any atom is 0.321 e. The lowest BCUT2D eigenvalue weighted by Gasteiger charge is -2.16. The number of thioether (sulfide) groups is 1. The number of fused-ring (bicyclic) bond motifs is 1. The number of nitrogens with one attached hydrogen (secondary N) is 2. The average molecular weight is 346 g/mol. The molecule has 0 fully saturated rings. The van der Waals surface area contributed by atoms with Crippen LogP contribution < -0.4 is 10.6 Å². The first-order valence-electron chi connectivity index (χ1n) is 7.47. The Morgan fingerprint density at radius 1 is 1.42 bits per heavy atom. The summed E-state index contributed by atoms with van der Waals surface area (Å²) in [6, 6.07) is 6.72. The van der Waals surface area contributed by atoms with E-state index in [4.69, 9.17) is 4.52 Å². The highest BCUT2D eigenvalue weighted by Gasteiger charge is 2.20. The molecule has 3 aromatic rings. The van der Waals surface area contributed by atoms with Gasteiger partial charge < -0.3 is 9.84 Å². The lowest BCUT2D eigenvalue weighted by Crippen LogP contribution is -2.34. The summed E-state index contributed by atoms with van der Waals surface area (Å²) in [5.41, 5.74) is 0.746. The fraction of sp³-hybridized carbons (Fsp3) is 0.333. The number of nitrogens with zero attached hydrogens (tertiary/aromatic N) is 4. The second kappa shape index (κ2) is 7.35. The van der Waals surface area contributed by atoms with Crippen LogP contribution in [0.15, 0.2) is 35.0 Å². The zero-order valence-corrected chi connectivity index (χ0v) is 14.2. The molecule has 2 amide bonds. The monoisotopic (exact) mass is 346 g/mol. The molecule has 1 atom stereocenters. The molecule has 9 heteroatoms. The number of anilines is 1. The summed E-state index contributed by atoms with van der Waals surface area (Å²) < 4.78 is 6.82. The predicted molar refractivity (Wildman–Crippen MR) is 92.1 cm³/mol. The highest BCUT2D eigenvalue weighted by Crippen LogP contribution is 2.18. The summed E-state index contributed by atoms with van der Waals surface area (Å²) >= 11 is 1.71. The van der Waals surface area contributed by atoms with E-state index in [1.807, 2.05) is 35.1 Å². The Hall–Kier alpha value is -2.55. The number of aromatic nitrogens is 4. The van der Waals surface area contributed by atoms with E-state index in [0.29, 0.717) is 17.4 Å². The maximum atomic E-state index is 12.3. The Morgan fingerprint density at radius 2 is 2.29 bits per heavy atom. The molecule has 0 aliphatic rings. The standard InChI is InChI=1S/C15H18N6O2S/c1-10-9-12(20-23-10)17-15(22)16-11(6-8-24-2)14-19-18-13-5-3-4-7-21(13)14/h3-5,7,9,11H,6,8H2,1-2H3,(H2,16,17,20,22). The van der Waals surface area contributed by atoms with Gasteiger partial charge in [0.05, 0.1) is 6.04 Å². The number of carbonyl (C=O) groups excluding carboxylic acids is 1. The van der Waals surface area contributed by atoms with Gasteiger partial charge in [-0.3, -0.25) is 9.72 Å². The minimum Gasteiger partial charge on any atom is -0.360 e. The van der Waals surface area contributed by atoms with E-state index in [0.717, 1.165) is 17.8 Å². The van der Waals surface area contributed by atoms with Gasteiger partial charge in [0.2, 0.25) is 0 Å². The average Bonchev–Trinajstić information content (AvgIpc) is 3.17. The minimum atomic E-state index is -0.359. The third kappa shape index (κ3) is 3.67. The van der Waals surface area contributed by atoms with E-state index in [2.05, 4.69) is 26.0 Å². The number of hydrogen-bond acceptors (Lipinski definition) is 6. The third-order valence-electron chi connectivity index (χ3n) is 3.44. The van der Waals surface area contributed by atoms with Crippen molar-refractivity contribution >= 4 is 29.3 Å². The summed E-state index contributed by atoms with van der Waals surface area (Å²) in [6.45, 7) is 1.76. The lowest BCUT2D eigenvalue weighted by molar-refractivity contribution is 0.247. The van der Waals surface area contributed by atoms with Crippen LogP contribution in [-0.2, 0) is 0 Å². The summed E-state index contributed by atoms with van der Waals surface area (Å²) in [7, 11) is 0. The van der Waals surface area contributed by atoms with Gasteiger partial charge in [0.15, 0.2) is 17.3 Å². The largest absolute Gasteiger partial charge is 0.360 e. The molecule has 0 saturated carbocycles. The topological polar surface area (TPSA) is 97.3 Å². The van der Waals surface area contributed by atoms with Crippen LogP contribution in [0.5, 0.6) is 0 Å². The number of aryl methyl sites for hydroxylation is 1. The molecule has 3 rings (SSSR count). The zero-order valence-electron chi connectivity index (χ0n) is 13.4. The van der Waals surface area contributed by atoms with Crippen LogP contribution in [0.4, 0.5) is 10.6 Å². The number of urea groups is 1.